The first-order valence-corrected chi connectivity index (χ1v) is 6.17. The standard InChI is InChI=1S/C14H18N2O3/c1-18-12-7-4-10(9-13(12)19-2)3-5-11-6-8-14(17)16-15-11/h3-5,7,9,11,15H,6,8H2,1-2H3,(H,16,17)/b5-3+. The molecule has 0 aliphatic carbocycles. The van der Waals surface area contributed by atoms with Crippen molar-refractivity contribution in [3.63, 3.8) is 0 Å². The summed E-state index contributed by atoms with van der Waals surface area (Å²) < 4.78 is 10.4. The first kappa shape index (κ1) is 13.4. The number of nitrogens with one attached hydrogen (secondary N) is 2. The van der Waals surface area contributed by atoms with Crippen LogP contribution in [0.5, 0.6) is 11.5 Å². The molecule has 5 heteroatoms. The van der Waals surface area contributed by atoms with Gasteiger partial charge in [0.25, 0.3) is 0 Å². The van der Waals surface area contributed by atoms with Crippen molar-refractivity contribution in [1.82, 2.24) is 10.9 Å². The van der Waals surface area contributed by atoms with Crippen LogP contribution in [0.3, 0.4) is 0 Å². The van der Waals surface area contributed by atoms with Gasteiger partial charge in [-0.2, -0.15) is 0 Å². The van der Waals surface area contributed by atoms with Gasteiger partial charge in [0.1, 0.15) is 0 Å². The largest absolute Gasteiger partial charge is 0.493 e. The first-order chi connectivity index (χ1) is 9.22. The van der Waals surface area contributed by atoms with Crippen LogP contribution in [-0.4, -0.2) is 26.2 Å². The third-order valence-corrected chi connectivity index (χ3v) is 3.01. The highest BCUT2D eigenvalue weighted by Crippen LogP contribution is 2.28. The number of hydrazine groups is 1. The Morgan fingerprint density at radius 1 is 1.26 bits per heavy atom. The fourth-order valence-corrected chi connectivity index (χ4v) is 1.92. The second-order valence-corrected chi connectivity index (χ2v) is 4.31. The lowest BCUT2D eigenvalue weighted by atomic mass is 10.1. The maximum absolute atomic E-state index is 11.0. The molecule has 1 unspecified atom stereocenters. The maximum Gasteiger partial charge on any atom is 0.234 e. The zero-order chi connectivity index (χ0) is 13.7. The minimum absolute atomic E-state index is 0.0377. The zero-order valence-corrected chi connectivity index (χ0v) is 11.1. The lowest BCUT2D eigenvalue weighted by molar-refractivity contribution is -0.123. The molecule has 1 heterocycles. The molecule has 0 radical (unpaired) electrons. The van der Waals surface area contributed by atoms with E-state index < -0.39 is 0 Å². The number of ether oxygens (including phenoxy) is 2. The van der Waals surface area contributed by atoms with E-state index in [9.17, 15) is 4.79 Å². The highest BCUT2D eigenvalue weighted by Gasteiger charge is 2.14. The summed E-state index contributed by atoms with van der Waals surface area (Å²) in [7, 11) is 3.23. The molecular formula is C14H18N2O3. The quantitative estimate of drug-likeness (QED) is 0.863. The third kappa shape index (κ3) is 3.48. The van der Waals surface area contributed by atoms with Crippen molar-refractivity contribution in [1.29, 1.82) is 0 Å². The van der Waals surface area contributed by atoms with Crippen LogP contribution in [0.25, 0.3) is 6.08 Å². The van der Waals surface area contributed by atoms with Crippen LogP contribution >= 0.6 is 0 Å². The molecule has 1 aliphatic rings. The highest BCUT2D eigenvalue weighted by atomic mass is 16.5. The van der Waals surface area contributed by atoms with Gasteiger partial charge < -0.3 is 9.47 Å². The van der Waals surface area contributed by atoms with E-state index in [4.69, 9.17) is 9.47 Å². The molecular weight excluding hydrogens is 244 g/mol. The Hall–Kier alpha value is -2.01. The average molecular weight is 262 g/mol. The molecule has 1 aromatic rings. The second-order valence-electron chi connectivity index (χ2n) is 4.31. The minimum atomic E-state index is 0.0377. The Bertz CT molecular complexity index is 476. The van der Waals surface area contributed by atoms with Gasteiger partial charge in [-0.05, 0) is 24.1 Å². The predicted molar refractivity (Wildman–Crippen MR) is 72.9 cm³/mol. The molecule has 1 atom stereocenters. The molecule has 1 aromatic carbocycles. The molecule has 1 aliphatic heterocycles. The first-order valence-electron chi connectivity index (χ1n) is 6.17. The fraction of sp³-hybridized carbons (Fsp3) is 0.357. The number of methoxy groups -OCH3 is 2. The normalized spacial score (nSPS) is 19.3. The van der Waals surface area contributed by atoms with Crippen LogP contribution < -0.4 is 20.3 Å². The van der Waals surface area contributed by atoms with Crippen molar-refractivity contribution in [3.8, 4) is 11.5 Å². The second kappa shape index (κ2) is 6.24. The average Bonchev–Trinajstić information content (AvgIpc) is 2.46. The van der Waals surface area contributed by atoms with Crippen molar-refractivity contribution in [3.05, 3.63) is 29.8 Å². The molecule has 1 amide bonds. The monoisotopic (exact) mass is 262 g/mol. The molecule has 1 fully saturated rings. The van der Waals surface area contributed by atoms with Gasteiger partial charge in [-0.1, -0.05) is 18.2 Å². The molecule has 102 valence electrons. The lowest BCUT2D eigenvalue weighted by Crippen LogP contribution is -2.48. The zero-order valence-electron chi connectivity index (χ0n) is 11.1. The smallest absolute Gasteiger partial charge is 0.234 e. The molecule has 1 saturated heterocycles. The van der Waals surface area contributed by atoms with Gasteiger partial charge in [-0.15, -0.1) is 0 Å². The Morgan fingerprint density at radius 3 is 2.68 bits per heavy atom. The highest BCUT2D eigenvalue weighted by molar-refractivity contribution is 5.76. The molecule has 2 rings (SSSR count). The summed E-state index contributed by atoms with van der Waals surface area (Å²) in [6.45, 7) is 0. The third-order valence-electron chi connectivity index (χ3n) is 3.01. The van der Waals surface area contributed by atoms with Gasteiger partial charge in [0, 0.05) is 12.5 Å². The Balaban J connectivity index is 2.04. The molecule has 2 N–H and O–H groups in total. The van der Waals surface area contributed by atoms with Crippen LogP contribution in [-0.2, 0) is 4.79 Å². The van der Waals surface area contributed by atoms with Crippen LogP contribution in [0.15, 0.2) is 24.3 Å². The van der Waals surface area contributed by atoms with Gasteiger partial charge in [0.2, 0.25) is 5.91 Å². The summed E-state index contributed by atoms with van der Waals surface area (Å²) in [6, 6.07) is 5.90. The number of hydrogen-bond donors (Lipinski definition) is 2. The van der Waals surface area contributed by atoms with Crippen LogP contribution in [0, 0.1) is 0 Å². The van der Waals surface area contributed by atoms with E-state index in [-0.39, 0.29) is 11.9 Å². The van der Waals surface area contributed by atoms with E-state index in [1.54, 1.807) is 14.2 Å². The van der Waals surface area contributed by atoms with Gasteiger partial charge in [0.15, 0.2) is 11.5 Å². The molecule has 19 heavy (non-hydrogen) atoms. The summed E-state index contributed by atoms with van der Waals surface area (Å²) in [4.78, 5) is 11.0. The molecule has 5 nitrogen and oxygen atoms in total. The summed E-state index contributed by atoms with van der Waals surface area (Å²) in [5, 5.41) is 0. The van der Waals surface area contributed by atoms with Crippen molar-refractivity contribution in [2.75, 3.05) is 14.2 Å². The Kier molecular flexibility index (Phi) is 4.41. The number of carbonyl (C=O) groups excluding carboxylic acids is 1. The van der Waals surface area contributed by atoms with Crippen LogP contribution in [0.1, 0.15) is 18.4 Å². The Labute approximate surface area is 112 Å². The van der Waals surface area contributed by atoms with E-state index in [0.717, 1.165) is 12.0 Å². The van der Waals surface area contributed by atoms with E-state index in [0.29, 0.717) is 17.9 Å². The van der Waals surface area contributed by atoms with Gasteiger partial charge >= 0.3 is 0 Å². The van der Waals surface area contributed by atoms with Crippen LogP contribution in [0.2, 0.25) is 0 Å². The van der Waals surface area contributed by atoms with Crippen LogP contribution in [0.4, 0.5) is 0 Å². The molecule has 0 bridgehead atoms. The van der Waals surface area contributed by atoms with E-state index in [1.807, 2.05) is 30.4 Å². The number of benzene rings is 1. The van der Waals surface area contributed by atoms with Crippen molar-refractivity contribution in [2.24, 2.45) is 0 Å². The summed E-state index contributed by atoms with van der Waals surface area (Å²) >= 11 is 0. The molecule has 0 saturated carbocycles. The van der Waals surface area contributed by atoms with E-state index >= 15 is 0 Å². The van der Waals surface area contributed by atoms with Crippen molar-refractivity contribution < 1.29 is 14.3 Å². The number of rotatable bonds is 4. The number of carbonyl (C=O) groups is 1. The molecule has 0 aromatic heterocycles. The summed E-state index contributed by atoms with van der Waals surface area (Å²) in [6.07, 6.45) is 5.38. The SMILES string of the molecule is COc1ccc(/C=C/C2CCC(=O)NN2)cc1OC. The molecule has 0 spiro atoms. The van der Waals surface area contributed by atoms with Gasteiger partial charge in [-0.25, -0.2) is 5.43 Å². The van der Waals surface area contributed by atoms with E-state index in [2.05, 4.69) is 10.9 Å². The van der Waals surface area contributed by atoms with Gasteiger partial charge in [-0.3, -0.25) is 10.2 Å². The van der Waals surface area contributed by atoms with Crippen molar-refractivity contribution >= 4 is 12.0 Å². The fourth-order valence-electron chi connectivity index (χ4n) is 1.92. The number of amides is 1. The Morgan fingerprint density at radius 2 is 2.05 bits per heavy atom. The lowest BCUT2D eigenvalue weighted by Gasteiger charge is -2.20. The van der Waals surface area contributed by atoms with Crippen molar-refractivity contribution in [2.45, 2.75) is 18.9 Å². The minimum Gasteiger partial charge on any atom is -0.493 e. The van der Waals surface area contributed by atoms with E-state index in [1.165, 1.54) is 0 Å². The summed E-state index contributed by atoms with van der Waals surface area (Å²) in [5.41, 5.74) is 6.60. The topological polar surface area (TPSA) is 59.6 Å². The summed E-state index contributed by atoms with van der Waals surface area (Å²) in [5.74, 6) is 1.45. The number of hydrogen-bond acceptors (Lipinski definition) is 4. The van der Waals surface area contributed by atoms with Gasteiger partial charge in [0.05, 0.1) is 14.2 Å². The maximum atomic E-state index is 11.0. The predicted octanol–water partition coefficient (Wildman–Crippen LogP) is 1.50.